The lowest BCUT2D eigenvalue weighted by molar-refractivity contribution is 0.423. The molecule has 0 unspecified atom stereocenters. The average molecular weight is 275 g/mol. The van der Waals surface area contributed by atoms with Crippen LogP contribution in [0.4, 0.5) is 0 Å². The molecule has 104 valence electrons. The van der Waals surface area contributed by atoms with E-state index in [-0.39, 0.29) is 5.54 Å². The van der Waals surface area contributed by atoms with Gasteiger partial charge in [-0.15, -0.1) is 0 Å². The summed E-state index contributed by atoms with van der Waals surface area (Å²) in [4.78, 5) is 3.66. The number of nitrogens with one attached hydrogen (secondary N) is 1. The van der Waals surface area contributed by atoms with Crippen molar-refractivity contribution in [1.82, 2.24) is 4.98 Å². The Labute approximate surface area is 118 Å². The van der Waals surface area contributed by atoms with Crippen LogP contribution in [0.25, 0.3) is 5.76 Å². The van der Waals surface area contributed by atoms with Crippen LogP contribution in [0.5, 0.6) is 0 Å². The fourth-order valence-corrected chi connectivity index (χ4v) is 5.47. The summed E-state index contributed by atoms with van der Waals surface area (Å²) in [5.74, 6) is 1.10. The summed E-state index contributed by atoms with van der Waals surface area (Å²) < 4.78 is 6.42. The van der Waals surface area contributed by atoms with Crippen LogP contribution in [0, 0.1) is 0 Å². The molecule has 1 aromatic rings. The van der Waals surface area contributed by atoms with Gasteiger partial charge in [-0.25, -0.2) is 0 Å². The summed E-state index contributed by atoms with van der Waals surface area (Å²) in [6, 6.07) is 8.56. The molecule has 0 bridgehead atoms. The topological polar surface area (TPSA) is 21.3 Å². The van der Waals surface area contributed by atoms with Crippen molar-refractivity contribution in [3.8, 4) is 0 Å². The molecule has 1 aliphatic carbocycles. The highest BCUT2D eigenvalue weighted by Crippen LogP contribution is 2.34. The van der Waals surface area contributed by atoms with Gasteiger partial charge in [-0.1, -0.05) is 24.3 Å². The molecular formula is C16H25NOSi. The molecule has 0 spiro atoms. The van der Waals surface area contributed by atoms with Gasteiger partial charge in [0.25, 0.3) is 0 Å². The van der Waals surface area contributed by atoms with E-state index in [1.54, 1.807) is 0 Å². The fourth-order valence-electron chi connectivity index (χ4n) is 2.82. The van der Waals surface area contributed by atoms with Gasteiger partial charge >= 0.3 is 8.48 Å². The Kier molecular flexibility index (Phi) is 3.62. The van der Waals surface area contributed by atoms with Crippen LogP contribution in [-0.2, 0) is 10.8 Å². The van der Waals surface area contributed by atoms with E-state index in [0.29, 0.717) is 0 Å². The second-order valence-corrected chi connectivity index (χ2v) is 10.4. The number of allylic oxidation sites excluding steroid dienone is 1. The molecule has 2 rings (SSSR count). The number of hydrogen-bond acceptors (Lipinski definition) is 2. The molecule has 0 aliphatic heterocycles. The molecule has 1 N–H and O–H groups in total. The third-order valence-electron chi connectivity index (χ3n) is 3.14. The SMILES string of the molecule is CC1=C(O[Si](C)(C)NC(C)(C)C)c2ccccc2C1. The maximum atomic E-state index is 6.42. The van der Waals surface area contributed by atoms with Crippen molar-refractivity contribution in [1.29, 1.82) is 0 Å². The van der Waals surface area contributed by atoms with Crippen molar-refractivity contribution in [2.24, 2.45) is 0 Å². The van der Waals surface area contributed by atoms with Crippen molar-refractivity contribution in [2.75, 3.05) is 0 Å². The Morgan fingerprint density at radius 2 is 1.79 bits per heavy atom. The summed E-state index contributed by atoms with van der Waals surface area (Å²) in [6.07, 6.45) is 1.02. The van der Waals surface area contributed by atoms with Gasteiger partial charge < -0.3 is 9.41 Å². The van der Waals surface area contributed by atoms with Crippen molar-refractivity contribution >= 4 is 14.2 Å². The Balaban J connectivity index is 2.22. The molecular weight excluding hydrogens is 250 g/mol. The summed E-state index contributed by atoms with van der Waals surface area (Å²) in [5.41, 5.74) is 4.09. The van der Waals surface area contributed by atoms with E-state index in [2.05, 4.69) is 70.0 Å². The van der Waals surface area contributed by atoms with E-state index in [4.69, 9.17) is 4.43 Å². The first-order valence-electron chi connectivity index (χ1n) is 6.94. The second kappa shape index (κ2) is 4.80. The first-order chi connectivity index (χ1) is 8.68. The highest BCUT2D eigenvalue weighted by molar-refractivity contribution is 6.69. The van der Waals surface area contributed by atoms with E-state index in [9.17, 15) is 0 Å². The van der Waals surface area contributed by atoms with Gasteiger partial charge in [0.2, 0.25) is 0 Å². The van der Waals surface area contributed by atoms with E-state index < -0.39 is 8.48 Å². The molecule has 2 nitrogen and oxygen atoms in total. The summed E-state index contributed by atoms with van der Waals surface area (Å²) in [6.45, 7) is 13.2. The van der Waals surface area contributed by atoms with Crippen molar-refractivity contribution < 1.29 is 4.43 Å². The summed E-state index contributed by atoms with van der Waals surface area (Å²) in [7, 11) is -1.92. The highest BCUT2D eigenvalue weighted by Gasteiger charge is 2.33. The maximum absolute atomic E-state index is 6.42. The van der Waals surface area contributed by atoms with E-state index in [1.165, 1.54) is 16.7 Å². The largest absolute Gasteiger partial charge is 0.529 e. The standard InChI is InChI=1S/C16H25NOSi/c1-12-11-13-9-7-8-10-14(13)15(12)18-19(5,6)17-16(2,3)4/h7-10,17H,11H2,1-6H3. The normalized spacial score (nSPS) is 15.7. The number of hydrogen-bond donors (Lipinski definition) is 1. The van der Waals surface area contributed by atoms with Gasteiger partial charge in [-0.2, -0.15) is 0 Å². The predicted octanol–water partition coefficient (Wildman–Crippen LogP) is 4.08. The van der Waals surface area contributed by atoms with Crippen molar-refractivity contribution in [3.63, 3.8) is 0 Å². The van der Waals surface area contributed by atoms with Gasteiger partial charge in [-0.05, 0) is 58.3 Å². The lowest BCUT2D eigenvalue weighted by Gasteiger charge is -2.33. The molecule has 0 amide bonds. The van der Waals surface area contributed by atoms with Crippen LogP contribution in [0.15, 0.2) is 29.8 Å². The zero-order valence-electron chi connectivity index (χ0n) is 12.9. The monoisotopic (exact) mass is 275 g/mol. The first kappa shape index (κ1) is 14.3. The van der Waals surface area contributed by atoms with Crippen LogP contribution in [0.2, 0.25) is 13.1 Å². The minimum atomic E-state index is -1.92. The van der Waals surface area contributed by atoms with E-state index >= 15 is 0 Å². The molecule has 0 atom stereocenters. The van der Waals surface area contributed by atoms with Crippen LogP contribution >= 0.6 is 0 Å². The van der Waals surface area contributed by atoms with E-state index in [0.717, 1.165) is 12.2 Å². The van der Waals surface area contributed by atoms with Crippen molar-refractivity contribution in [2.45, 2.75) is 52.7 Å². The molecule has 1 aliphatic rings. The second-order valence-electron chi connectivity index (χ2n) is 6.93. The summed E-state index contributed by atoms with van der Waals surface area (Å²) >= 11 is 0. The molecule has 0 heterocycles. The lowest BCUT2D eigenvalue weighted by Crippen LogP contribution is -2.56. The van der Waals surface area contributed by atoms with Crippen LogP contribution in [0.3, 0.4) is 0 Å². The van der Waals surface area contributed by atoms with Crippen LogP contribution < -0.4 is 4.98 Å². The zero-order valence-corrected chi connectivity index (χ0v) is 13.9. The first-order valence-corrected chi connectivity index (χ1v) is 9.85. The third-order valence-corrected chi connectivity index (χ3v) is 5.20. The quantitative estimate of drug-likeness (QED) is 0.839. The average Bonchev–Trinajstić information content (AvgIpc) is 2.52. The molecule has 0 aromatic heterocycles. The Morgan fingerprint density at radius 3 is 2.42 bits per heavy atom. The van der Waals surface area contributed by atoms with Gasteiger partial charge in [0.1, 0.15) is 5.76 Å². The van der Waals surface area contributed by atoms with Crippen LogP contribution in [-0.4, -0.2) is 14.0 Å². The minimum Gasteiger partial charge on any atom is -0.529 e. The summed E-state index contributed by atoms with van der Waals surface area (Å²) in [5, 5.41) is 0. The smallest absolute Gasteiger partial charge is 0.322 e. The van der Waals surface area contributed by atoms with Gasteiger partial charge in [-0.3, -0.25) is 0 Å². The molecule has 19 heavy (non-hydrogen) atoms. The Bertz CT molecular complexity index is 512. The molecule has 0 saturated heterocycles. The molecule has 0 saturated carbocycles. The molecule has 1 aromatic carbocycles. The third kappa shape index (κ3) is 3.48. The van der Waals surface area contributed by atoms with Crippen molar-refractivity contribution in [3.05, 3.63) is 41.0 Å². The van der Waals surface area contributed by atoms with Gasteiger partial charge in [0.15, 0.2) is 0 Å². The minimum absolute atomic E-state index is 0.0856. The fraction of sp³-hybridized carbons (Fsp3) is 0.500. The number of fused-ring (bicyclic) bond motifs is 1. The Morgan fingerprint density at radius 1 is 1.16 bits per heavy atom. The molecule has 0 fully saturated rings. The highest BCUT2D eigenvalue weighted by atomic mass is 28.4. The number of benzene rings is 1. The maximum Gasteiger partial charge on any atom is 0.322 e. The van der Waals surface area contributed by atoms with Gasteiger partial charge in [0, 0.05) is 11.1 Å². The van der Waals surface area contributed by atoms with Gasteiger partial charge in [0.05, 0.1) is 0 Å². The molecule has 0 radical (unpaired) electrons. The van der Waals surface area contributed by atoms with Crippen LogP contribution in [0.1, 0.15) is 38.8 Å². The zero-order chi connectivity index (χ0) is 14.3. The number of rotatable bonds is 3. The molecule has 3 heteroatoms. The Hall–Kier alpha value is -1.06. The predicted molar refractivity (Wildman–Crippen MR) is 84.2 cm³/mol. The lowest BCUT2D eigenvalue weighted by atomic mass is 10.1. The van der Waals surface area contributed by atoms with E-state index in [1.807, 2.05) is 0 Å².